The van der Waals surface area contributed by atoms with Crippen molar-refractivity contribution in [1.82, 2.24) is 0 Å². The van der Waals surface area contributed by atoms with E-state index in [1.54, 1.807) is 12.1 Å². The van der Waals surface area contributed by atoms with Crippen molar-refractivity contribution in [3.8, 4) is 0 Å². The van der Waals surface area contributed by atoms with Gasteiger partial charge in [0.1, 0.15) is 0 Å². The van der Waals surface area contributed by atoms with Crippen LogP contribution in [0.3, 0.4) is 0 Å². The minimum Gasteiger partial charge on any atom is -0.166 e. The number of rotatable bonds is 4. The topological polar surface area (TPSA) is 0 Å². The van der Waals surface area contributed by atoms with Crippen LogP contribution in [0.4, 0.5) is 13.2 Å². The van der Waals surface area contributed by atoms with E-state index in [-0.39, 0.29) is 10.2 Å². The van der Waals surface area contributed by atoms with Crippen molar-refractivity contribution in [2.75, 3.05) is 0 Å². The summed E-state index contributed by atoms with van der Waals surface area (Å²) in [4.78, 5) is 0.286. The molecule has 0 aromatic heterocycles. The minimum atomic E-state index is -4.26. The second-order valence-corrected chi connectivity index (χ2v) is 7.79. The van der Waals surface area contributed by atoms with Crippen LogP contribution >= 0.6 is 15.9 Å². The lowest BCUT2D eigenvalue weighted by Gasteiger charge is -2.29. The SMILES string of the molecule is CC(CC(Br)Cc1ccc(C(F)(F)F)cc1)C(C)(C)C. The molecule has 0 saturated heterocycles. The smallest absolute Gasteiger partial charge is 0.166 e. The molecule has 2 unspecified atom stereocenters. The van der Waals surface area contributed by atoms with Gasteiger partial charge in [0, 0.05) is 4.83 Å². The van der Waals surface area contributed by atoms with Gasteiger partial charge in [-0.15, -0.1) is 0 Å². The number of hydrogen-bond acceptors (Lipinski definition) is 0. The maximum absolute atomic E-state index is 12.5. The summed E-state index contributed by atoms with van der Waals surface area (Å²) in [7, 11) is 0. The number of benzene rings is 1. The molecule has 4 heteroatoms. The molecule has 0 bridgehead atoms. The Kier molecular flexibility index (Phi) is 5.70. The van der Waals surface area contributed by atoms with E-state index < -0.39 is 11.7 Å². The quantitative estimate of drug-likeness (QED) is 0.577. The lowest BCUT2D eigenvalue weighted by Crippen LogP contribution is -2.21. The van der Waals surface area contributed by atoms with E-state index in [1.165, 1.54) is 0 Å². The maximum atomic E-state index is 12.5. The molecule has 1 aromatic carbocycles. The Hall–Kier alpha value is -0.510. The summed E-state index contributed by atoms with van der Waals surface area (Å²) in [6.07, 6.45) is -2.50. The van der Waals surface area contributed by atoms with Crippen molar-refractivity contribution >= 4 is 15.9 Å². The van der Waals surface area contributed by atoms with E-state index in [0.717, 1.165) is 30.5 Å². The highest BCUT2D eigenvalue weighted by molar-refractivity contribution is 9.09. The fraction of sp³-hybridized carbons (Fsp3) is 0.625. The summed E-state index contributed by atoms with van der Waals surface area (Å²) in [5.41, 5.74) is 0.586. The van der Waals surface area contributed by atoms with Gasteiger partial charge in [-0.05, 0) is 41.9 Å². The van der Waals surface area contributed by atoms with Gasteiger partial charge in [-0.1, -0.05) is 55.8 Å². The summed E-state index contributed by atoms with van der Waals surface area (Å²) in [5.74, 6) is 0.543. The van der Waals surface area contributed by atoms with Gasteiger partial charge in [-0.25, -0.2) is 0 Å². The van der Waals surface area contributed by atoms with Gasteiger partial charge < -0.3 is 0 Å². The highest BCUT2D eigenvalue weighted by atomic mass is 79.9. The first-order valence-corrected chi connectivity index (χ1v) is 7.72. The van der Waals surface area contributed by atoms with Crippen molar-refractivity contribution in [3.05, 3.63) is 35.4 Å². The van der Waals surface area contributed by atoms with Crippen LogP contribution in [0.2, 0.25) is 0 Å². The van der Waals surface area contributed by atoms with Gasteiger partial charge in [0.05, 0.1) is 5.56 Å². The second kappa shape index (κ2) is 6.50. The standard InChI is InChI=1S/C16H22BrF3/c1-11(15(2,3)4)9-14(17)10-12-5-7-13(8-6-12)16(18,19)20/h5-8,11,14H,9-10H2,1-4H3. The third kappa shape index (κ3) is 5.47. The molecule has 114 valence electrons. The Morgan fingerprint density at radius 2 is 1.55 bits per heavy atom. The molecule has 0 spiro atoms. The highest BCUT2D eigenvalue weighted by Gasteiger charge is 2.30. The summed E-state index contributed by atoms with van der Waals surface area (Å²) < 4.78 is 37.4. The fourth-order valence-corrected chi connectivity index (χ4v) is 2.84. The number of alkyl halides is 4. The van der Waals surface area contributed by atoms with Gasteiger partial charge in [-0.3, -0.25) is 0 Å². The Balaban J connectivity index is 2.61. The van der Waals surface area contributed by atoms with Crippen LogP contribution in [0.15, 0.2) is 24.3 Å². The third-order valence-corrected chi connectivity index (χ3v) is 4.52. The molecule has 0 saturated carbocycles. The van der Waals surface area contributed by atoms with E-state index in [9.17, 15) is 13.2 Å². The Bertz CT molecular complexity index is 415. The molecule has 0 aliphatic carbocycles. The lowest BCUT2D eigenvalue weighted by molar-refractivity contribution is -0.137. The summed E-state index contributed by atoms with van der Waals surface area (Å²) in [6, 6.07) is 5.45. The highest BCUT2D eigenvalue weighted by Crippen LogP contribution is 2.32. The molecule has 0 aliphatic rings. The van der Waals surface area contributed by atoms with Crippen molar-refractivity contribution in [3.63, 3.8) is 0 Å². The minimum absolute atomic E-state index is 0.242. The average Bonchev–Trinajstić information content (AvgIpc) is 2.26. The third-order valence-electron chi connectivity index (χ3n) is 3.83. The molecule has 1 rings (SSSR count). The van der Waals surface area contributed by atoms with Crippen LogP contribution in [-0.4, -0.2) is 4.83 Å². The number of hydrogen-bond donors (Lipinski definition) is 0. The first-order valence-electron chi connectivity index (χ1n) is 6.80. The molecule has 0 heterocycles. The van der Waals surface area contributed by atoms with E-state index in [1.807, 2.05) is 0 Å². The molecule has 20 heavy (non-hydrogen) atoms. The molecular formula is C16H22BrF3. The van der Waals surface area contributed by atoms with Gasteiger partial charge in [0.25, 0.3) is 0 Å². The average molecular weight is 351 g/mol. The molecule has 1 aromatic rings. The van der Waals surface area contributed by atoms with E-state index in [0.29, 0.717) is 5.92 Å². The molecule has 0 N–H and O–H groups in total. The van der Waals surface area contributed by atoms with Crippen LogP contribution < -0.4 is 0 Å². The predicted octanol–water partition coefficient (Wildman–Crippen LogP) is 6.08. The Morgan fingerprint density at radius 3 is 1.95 bits per heavy atom. The second-order valence-electron chi connectivity index (χ2n) is 6.50. The molecule has 0 fully saturated rings. The molecule has 0 nitrogen and oxygen atoms in total. The van der Waals surface area contributed by atoms with Crippen LogP contribution in [-0.2, 0) is 12.6 Å². The maximum Gasteiger partial charge on any atom is 0.416 e. The zero-order valence-electron chi connectivity index (χ0n) is 12.4. The van der Waals surface area contributed by atoms with Crippen LogP contribution in [0.1, 0.15) is 45.2 Å². The van der Waals surface area contributed by atoms with Crippen LogP contribution in [0.25, 0.3) is 0 Å². The van der Waals surface area contributed by atoms with E-state index in [2.05, 4.69) is 43.6 Å². The predicted molar refractivity (Wildman–Crippen MR) is 81.1 cm³/mol. The monoisotopic (exact) mass is 350 g/mol. The largest absolute Gasteiger partial charge is 0.416 e. The van der Waals surface area contributed by atoms with E-state index >= 15 is 0 Å². The Labute approximate surface area is 127 Å². The van der Waals surface area contributed by atoms with E-state index in [4.69, 9.17) is 0 Å². The van der Waals surface area contributed by atoms with Crippen molar-refractivity contribution in [2.45, 2.75) is 51.5 Å². The molecular weight excluding hydrogens is 329 g/mol. The van der Waals surface area contributed by atoms with Gasteiger partial charge in [0.15, 0.2) is 0 Å². The van der Waals surface area contributed by atoms with Gasteiger partial charge in [-0.2, -0.15) is 13.2 Å². The lowest BCUT2D eigenvalue weighted by atomic mass is 9.79. The Morgan fingerprint density at radius 1 is 1.05 bits per heavy atom. The summed E-state index contributed by atoms with van der Waals surface area (Å²) >= 11 is 3.64. The zero-order valence-corrected chi connectivity index (χ0v) is 14.0. The van der Waals surface area contributed by atoms with Crippen molar-refractivity contribution in [2.24, 2.45) is 11.3 Å². The first-order chi connectivity index (χ1) is 9.00. The van der Waals surface area contributed by atoms with Gasteiger partial charge >= 0.3 is 6.18 Å². The molecule has 2 atom stereocenters. The zero-order chi connectivity index (χ0) is 15.6. The van der Waals surface area contributed by atoms with Gasteiger partial charge in [0.2, 0.25) is 0 Å². The van der Waals surface area contributed by atoms with Crippen LogP contribution in [0.5, 0.6) is 0 Å². The van der Waals surface area contributed by atoms with Crippen molar-refractivity contribution < 1.29 is 13.2 Å². The summed E-state index contributed by atoms with van der Waals surface area (Å²) in [5, 5.41) is 0. The fourth-order valence-electron chi connectivity index (χ4n) is 1.91. The summed E-state index contributed by atoms with van der Waals surface area (Å²) in [6.45, 7) is 8.82. The molecule has 0 radical (unpaired) electrons. The normalized spacial score (nSPS) is 16.0. The number of halogens is 4. The molecule has 0 amide bonds. The van der Waals surface area contributed by atoms with Crippen molar-refractivity contribution in [1.29, 1.82) is 0 Å². The van der Waals surface area contributed by atoms with Crippen LogP contribution in [0, 0.1) is 11.3 Å². The first kappa shape index (κ1) is 17.5. The molecule has 0 aliphatic heterocycles.